The minimum atomic E-state index is 0.236. The predicted molar refractivity (Wildman–Crippen MR) is 66.5 cm³/mol. The Morgan fingerprint density at radius 3 is 2.73 bits per heavy atom. The third-order valence-electron chi connectivity index (χ3n) is 3.75. The topological polar surface area (TPSA) is 3.24 Å². The summed E-state index contributed by atoms with van der Waals surface area (Å²) >= 11 is 0. The number of hydrogen-bond donors (Lipinski definition) is 0. The lowest BCUT2D eigenvalue weighted by molar-refractivity contribution is 0.448. The highest BCUT2D eigenvalue weighted by molar-refractivity contribution is 5.64. The fourth-order valence-electron chi connectivity index (χ4n) is 2.49. The van der Waals surface area contributed by atoms with Crippen molar-refractivity contribution in [3.63, 3.8) is 0 Å². The van der Waals surface area contributed by atoms with Gasteiger partial charge in [-0.05, 0) is 18.6 Å². The summed E-state index contributed by atoms with van der Waals surface area (Å²) in [5, 5.41) is 0. The zero-order chi connectivity index (χ0) is 11.1. The molecule has 0 spiro atoms. The summed E-state index contributed by atoms with van der Waals surface area (Å²) in [4.78, 5) is 2.43. The lowest BCUT2D eigenvalue weighted by Crippen LogP contribution is -2.38. The summed E-state index contributed by atoms with van der Waals surface area (Å²) < 4.78 is 0. The molecule has 1 nitrogen and oxygen atoms in total. The van der Waals surface area contributed by atoms with E-state index in [4.69, 9.17) is 0 Å². The van der Waals surface area contributed by atoms with Crippen LogP contribution in [0.15, 0.2) is 36.9 Å². The van der Waals surface area contributed by atoms with Gasteiger partial charge in [0.25, 0.3) is 0 Å². The molecule has 1 heteroatoms. The maximum atomic E-state index is 3.84. The van der Waals surface area contributed by atoms with Crippen LogP contribution in [0.25, 0.3) is 0 Å². The number of rotatable bonds is 2. The Kier molecular flexibility index (Phi) is 2.34. The Balaban J connectivity index is 2.51. The molecule has 0 amide bonds. The maximum Gasteiger partial charge on any atom is 0.0410 e. The van der Waals surface area contributed by atoms with E-state index >= 15 is 0 Å². The van der Waals surface area contributed by atoms with Crippen LogP contribution in [0, 0.1) is 0 Å². The largest absolute Gasteiger partial charge is 0.364 e. The van der Waals surface area contributed by atoms with Crippen LogP contribution in [0.1, 0.15) is 26.3 Å². The number of fused-ring (bicyclic) bond motifs is 1. The third kappa shape index (κ3) is 1.38. The van der Waals surface area contributed by atoms with Crippen LogP contribution < -0.4 is 4.90 Å². The van der Waals surface area contributed by atoms with Crippen molar-refractivity contribution in [1.29, 1.82) is 0 Å². The molecule has 1 aromatic rings. The van der Waals surface area contributed by atoms with Gasteiger partial charge in [-0.2, -0.15) is 0 Å². The molecule has 1 unspecified atom stereocenters. The highest BCUT2D eigenvalue weighted by Gasteiger charge is 2.40. The number of hydrogen-bond acceptors (Lipinski definition) is 1. The van der Waals surface area contributed by atoms with E-state index in [-0.39, 0.29) is 5.41 Å². The molecule has 1 atom stereocenters. The van der Waals surface area contributed by atoms with Gasteiger partial charge in [-0.3, -0.25) is 0 Å². The van der Waals surface area contributed by atoms with Crippen LogP contribution in [0.2, 0.25) is 0 Å². The van der Waals surface area contributed by atoms with E-state index in [0.717, 1.165) is 6.54 Å². The zero-order valence-electron chi connectivity index (χ0n) is 9.83. The number of para-hydroxylation sites is 1. The molecule has 0 saturated carbocycles. The average molecular weight is 201 g/mol. The van der Waals surface area contributed by atoms with Crippen molar-refractivity contribution in [1.82, 2.24) is 0 Å². The lowest BCUT2D eigenvalue weighted by atomic mass is 9.81. The number of anilines is 1. The maximum absolute atomic E-state index is 3.84. The minimum absolute atomic E-state index is 0.236. The Labute approximate surface area is 92.4 Å². The summed E-state index contributed by atoms with van der Waals surface area (Å²) in [5.41, 5.74) is 3.06. The van der Waals surface area contributed by atoms with E-state index in [2.05, 4.69) is 56.5 Å². The molecule has 0 bridgehead atoms. The molecular formula is C14H19N. The monoisotopic (exact) mass is 201 g/mol. The minimum Gasteiger partial charge on any atom is -0.364 e. The van der Waals surface area contributed by atoms with E-state index in [1.54, 1.807) is 0 Å². The van der Waals surface area contributed by atoms with Crippen molar-refractivity contribution in [2.75, 3.05) is 11.4 Å². The van der Waals surface area contributed by atoms with Gasteiger partial charge in [0.05, 0.1) is 0 Å². The van der Waals surface area contributed by atoms with Crippen molar-refractivity contribution < 1.29 is 0 Å². The molecule has 1 aliphatic rings. The highest BCUT2D eigenvalue weighted by Crippen LogP contribution is 2.44. The van der Waals surface area contributed by atoms with Crippen molar-refractivity contribution in [2.24, 2.45) is 0 Å². The summed E-state index contributed by atoms with van der Waals surface area (Å²) in [7, 11) is 0. The van der Waals surface area contributed by atoms with Crippen molar-refractivity contribution in [3.05, 3.63) is 42.5 Å². The van der Waals surface area contributed by atoms with E-state index in [1.165, 1.54) is 11.3 Å². The standard InChI is InChI=1S/C14H19N/c1-5-10-15-11(2)14(3,4)12-8-6-7-9-13(12)15/h5-9,11H,1,10H2,2-4H3. The van der Waals surface area contributed by atoms with Gasteiger partial charge >= 0.3 is 0 Å². The molecule has 0 fully saturated rings. The van der Waals surface area contributed by atoms with Gasteiger partial charge in [0.15, 0.2) is 0 Å². The predicted octanol–water partition coefficient (Wildman–Crippen LogP) is 3.36. The van der Waals surface area contributed by atoms with E-state index in [1.807, 2.05) is 6.08 Å². The fraction of sp³-hybridized carbons (Fsp3) is 0.429. The molecule has 80 valence electrons. The van der Waals surface area contributed by atoms with Crippen LogP contribution in [0.3, 0.4) is 0 Å². The van der Waals surface area contributed by atoms with Gasteiger partial charge in [-0.25, -0.2) is 0 Å². The van der Waals surface area contributed by atoms with Crippen LogP contribution >= 0.6 is 0 Å². The first-order valence-electron chi connectivity index (χ1n) is 5.56. The second kappa shape index (κ2) is 3.41. The van der Waals surface area contributed by atoms with E-state index < -0.39 is 0 Å². The molecule has 0 saturated heterocycles. The normalized spacial score (nSPS) is 22.6. The fourth-order valence-corrected chi connectivity index (χ4v) is 2.49. The molecule has 15 heavy (non-hydrogen) atoms. The van der Waals surface area contributed by atoms with Gasteiger partial charge in [-0.1, -0.05) is 38.1 Å². The second-order valence-electron chi connectivity index (χ2n) is 4.86. The van der Waals surface area contributed by atoms with Gasteiger partial charge < -0.3 is 4.90 Å². The number of nitrogens with zero attached hydrogens (tertiary/aromatic N) is 1. The summed E-state index contributed by atoms with van der Waals surface area (Å²) in [6.45, 7) is 11.7. The van der Waals surface area contributed by atoms with Gasteiger partial charge in [0.1, 0.15) is 0 Å². The molecule has 0 aromatic heterocycles. The Morgan fingerprint density at radius 2 is 2.07 bits per heavy atom. The molecule has 0 N–H and O–H groups in total. The molecule has 0 radical (unpaired) electrons. The summed E-state index contributed by atoms with van der Waals surface area (Å²) in [6, 6.07) is 9.24. The van der Waals surface area contributed by atoms with Crippen molar-refractivity contribution in [3.8, 4) is 0 Å². The lowest BCUT2D eigenvalue weighted by Gasteiger charge is -2.30. The van der Waals surface area contributed by atoms with Gasteiger partial charge in [0, 0.05) is 23.7 Å². The average Bonchev–Trinajstić information content (AvgIpc) is 2.42. The van der Waals surface area contributed by atoms with Crippen LogP contribution in [0.4, 0.5) is 5.69 Å². The summed E-state index contributed by atoms with van der Waals surface area (Å²) in [5.74, 6) is 0. The Morgan fingerprint density at radius 1 is 1.40 bits per heavy atom. The molecule has 2 rings (SSSR count). The molecule has 0 aliphatic carbocycles. The first-order chi connectivity index (χ1) is 7.09. The van der Waals surface area contributed by atoms with Crippen molar-refractivity contribution >= 4 is 5.69 Å². The van der Waals surface area contributed by atoms with Crippen LogP contribution in [0.5, 0.6) is 0 Å². The van der Waals surface area contributed by atoms with Crippen LogP contribution in [-0.4, -0.2) is 12.6 Å². The van der Waals surface area contributed by atoms with E-state index in [0.29, 0.717) is 6.04 Å². The van der Waals surface area contributed by atoms with Gasteiger partial charge in [0.2, 0.25) is 0 Å². The third-order valence-corrected chi connectivity index (χ3v) is 3.75. The smallest absolute Gasteiger partial charge is 0.0410 e. The quantitative estimate of drug-likeness (QED) is 0.663. The molecule has 1 aliphatic heterocycles. The highest BCUT2D eigenvalue weighted by atomic mass is 15.2. The molecule has 1 aromatic carbocycles. The SMILES string of the molecule is C=CCN1c2ccccc2C(C)(C)C1C. The van der Waals surface area contributed by atoms with Crippen LogP contribution in [-0.2, 0) is 5.41 Å². The Hall–Kier alpha value is -1.24. The second-order valence-corrected chi connectivity index (χ2v) is 4.86. The van der Waals surface area contributed by atoms with Crippen molar-refractivity contribution in [2.45, 2.75) is 32.2 Å². The Bertz CT molecular complexity index is 379. The first-order valence-corrected chi connectivity index (χ1v) is 5.56. The van der Waals surface area contributed by atoms with Gasteiger partial charge in [-0.15, -0.1) is 6.58 Å². The molecular weight excluding hydrogens is 182 g/mol. The number of benzene rings is 1. The summed E-state index contributed by atoms with van der Waals surface area (Å²) in [6.07, 6.45) is 1.98. The zero-order valence-corrected chi connectivity index (χ0v) is 9.83. The molecule has 1 heterocycles. The van der Waals surface area contributed by atoms with E-state index in [9.17, 15) is 0 Å². The first kappa shape index (κ1) is 10.3.